The molecule has 8 heteroatoms. The highest BCUT2D eigenvalue weighted by Crippen LogP contribution is 2.19. The second kappa shape index (κ2) is 8.79. The van der Waals surface area contributed by atoms with Crippen molar-refractivity contribution in [1.82, 2.24) is 10.3 Å². The summed E-state index contributed by atoms with van der Waals surface area (Å²) in [5.74, 6) is -1.70. The number of carboxylic acids is 1. The van der Waals surface area contributed by atoms with Crippen LogP contribution in [0.5, 0.6) is 5.75 Å². The van der Waals surface area contributed by atoms with E-state index in [2.05, 4.69) is 15.6 Å². The van der Waals surface area contributed by atoms with Crippen molar-refractivity contribution in [3.8, 4) is 5.75 Å². The van der Waals surface area contributed by atoms with Gasteiger partial charge in [0.2, 0.25) is 0 Å². The van der Waals surface area contributed by atoms with E-state index in [1.807, 2.05) is 13.8 Å². The van der Waals surface area contributed by atoms with Gasteiger partial charge in [-0.3, -0.25) is 14.4 Å². The molecule has 0 spiro atoms. The Morgan fingerprint density at radius 3 is 2.30 bits per heavy atom. The molecule has 1 unspecified atom stereocenters. The lowest BCUT2D eigenvalue weighted by molar-refractivity contribution is -0.138. The maximum atomic E-state index is 12.5. The van der Waals surface area contributed by atoms with Gasteiger partial charge in [-0.2, -0.15) is 0 Å². The standard InChI is InChI=1S/C19H21N3O5/c1-11(2)27-15-5-4-10-20-16(15)18(24)22-14-8-6-13(7-9-14)17(23)21-12(3)19(25)26/h4-12H,1-3H3,(H,21,23)(H,22,24)(H,25,26). The average molecular weight is 371 g/mol. The first-order valence-corrected chi connectivity index (χ1v) is 8.34. The predicted molar refractivity (Wildman–Crippen MR) is 99.0 cm³/mol. The summed E-state index contributed by atoms with van der Waals surface area (Å²) >= 11 is 0. The summed E-state index contributed by atoms with van der Waals surface area (Å²) in [6, 6.07) is 8.42. The fourth-order valence-corrected chi connectivity index (χ4v) is 2.15. The number of nitrogens with zero attached hydrogens (tertiary/aromatic N) is 1. The minimum Gasteiger partial charge on any atom is -0.489 e. The van der Waals surface area contributed by atoms with Crippen LogP contribution in [0.2, 0.25) is 0 Å². The molecule has 0 aliphatic carbocycles. The molecule has 0 fully saturated rings. The predicted octanol–water partition coefficient (Wildman–Crippen LogP) is 2.32. The molecule has 142 valence electrons. The number of hydrogen-bond acceptors (Lipinski definition) is 5. The van der Waals surface area contributed by atoms with Crippen LogP contribution in [0.15, 0.2) is 42.6 Å². The highest BCUT2D eigenvalue weighted by atomic mass is 16.5. The fraction of sp³-hybridized carbons (Fsp3) is 0.263. The van der Waals surface area contributed by atoms with Crippen LogP contribution < -0.4 is 15.4 Å². The van der Waals surface area contributed by atoms with Crippen LogP contribution in [0.4, 0.5) is 5.69 Å². The first kappa shape index (κ1) is 19.9. The van der Waals surface area contributed by atoms with Crippen LogP contribution in [0.1, 0.15) is 41.6 Å². The molecule has 0 aliphatic heterocycles. The average Bonchev–Trinajstić information content (AvgIpc) is 2.62. The molecule has 1 atom stereocenters. The fourth-order valence-electron chi connectivity index (χ4n) is 2.15. The lowest BCUT2D eigenvalue weighted by Gasteiger charge is -2.13. The summed E-state index contributed by atoms with van der Waals surface area (Å²) in [6.45, 7) is 5.08. The third-order valence-corrected chi connectivity index (χ3v) is 3.47. The number of anilines is 1. The maximum Gasteiger partial charge on any atom is 0.325 e. The number of rotatable bonds is 7. The van der Waals surface area contributed by atoms with Gasteiger partial charge >= 0.3 is 5.97 Å². The number of carbonyl (C=O) groups is 3. The Morgan fingerprint density at radius 1 is 1.04 bits per heavy atom. The van der Waals surface area contributed by atoms with Gasteiger partial charge in [0.15, 0.2) is 11.4 Å². The van der Waals surface area contributed by atoms with Gasteiger partial charge in [0.1, 0.15) is 6.04 Å². The minimum absolute atomic E-state index is 0.105. The van der Waals surface area contributed by atoms with Gasteiger partial charge in [0, 0.05) is 17.4 Å². The minimum atomic E-state index is -1.12. The van der Waals surface area contributed by atoms with Crippen molar-refractivity contribution in [2.45, 2.75) is 32.9 Å². The second-order valence-electron chi connectivity index (χ2n) is 6.08. The molecule has 1 heterocycles. The van der Waals surface area contributed by atoms with Gasteiger partial charge < -0.3 is 20.5 Å². The number of nitrogens with one attached hydrogen (secondary N) is 2. The zero-order chi connectivity index (χ0) is 20.0. The number of aromatic nitrogens is 1. The van der Waals surface area contributed by atoms with Crippen LogP contribution in [-0.4, -0.2) is 40.0 Å². The summed E-state index contributed by atoms with van der Waals surface area (Å²) in [4.78, 5) is 39.3. The number of benzene rings is 1. The molecule has 1 aromatic heterocycles. The van der Waals surface area contributed by atoms with Crippen molar-refractivity contribution < 1.29 is 24.2 Å². The Bertz CT molecular complexity index is 833. The van der Waals surface area contributed by atoms with E-state index in [-0.39, 0.29) is 17.4 Å². The van der Waals surface area contributed by atoms with E-state index in [1.54, 1.807) is 24.3 Å². The molecule has 2 rings (SSSR count). The molecular formula is C19H21N3O5. The monoisotopic (exact) mass is 371 g/mol. The van der Waals surface area contributed by atoms with Gasteiger partial charge in [-0.05, 0) is 57.2 Å². The van der Waals surface area contributed by atoms with Crippen molar-refractivity contribution in [1.29, 1.82) is 0 Å². The molecule has 0 saturated heterocycles. The van der Waals surface area contributed by atoms with E-state index in [0.717, 1.165) is 0 Å². The summed E-state index contributed by atoms with van der Waals surface area (Å²) in [7, 11) is 0. The van der Waals surface area contributed by atoms with Crippen LogP contribution in [0.3, 0.4) is 0 Å². The number of ether oxygens (including phenoxy) is 1. The molecule has 3 N–H and O–H groups in total. The van der Waals surface area contributed by atoms with Crippen molar-refractivity contribution in [3.05, 3.63) is 53.9 Å². The Balaban J connectivity index is 2.07. The summed E-state index contributed by atoms with van der Waals surface area (Å²) < 4.78 is 5.59. The topological polar surface area (TPSA) is 118 Å². The Morgan fingerprint density at radius 2 is 1.70 bits per heavy atom. The van der Waals surface area contributed by atoms with Gasteiger partial charge in [0.05, 0.1) is 6.10 Å². The van der Waals surface area contributed by atoms with E-state index < -0.39 is 23.8 Å². The molecule has 27 heavy (non-hydrogen) atoms. The van der Waals surface area contributed by atoms with Crippen LogP contribution in [-0.2, 0) is 4.79 Å². The lowest BCUT2D eigenvalue weighted by Crippen LogP contribution is -2.38. The Hall–Kier alpha value is -3.42. The van der Waals surface area contributed by atoms with E-state index >= 15 is 0 Å². The SMILES string of the molecule is CC(C)Oc1cccnc1C(=O)Nc1ccc(C(=O)NC(C)C(=O)O)cc1. The second-order valence-corrected chi connectivity index (χ2v) is 6.08. The van der Waals surface area contributed by atoms with E-state index in [1.165, 1.54) is 25.3 Å². The largest absolute Gasteiger partial charge is 0.489 e. The summed E-state index contributed by atoms with van der Waals surface area (Å²) in [6.07, 6.45) is 1.39. The highest BCUT2D eigenvalue weighted by Gasteiger charge is 2.17. The molecule has 1 aromatic carbocycles. The molecule has 0 radical (unpaired) electrons. The van der Waals surface area contributed by atoms with Crippen LogP contribution in [0.25, 0.3) is 0 Å². The highest BCUT2D eigenvalue weighted by molar-refractivity contribution is 6.05. The van der Waals surface area contributed by atoms with Crippen molar-refractivity contribution in [3.63, 3.8) is 0 Å². The lowest BCUT2D eigenvalue weighted by atomic mass is 10.1. The molecular weight excluding hydrogens is 350 g/mol. The van der Waals surface area contributed by atoms with Crippen molar-refractivity contribution in [2.24, 2.45) is 0 Å². The molecule has 0 bridgehead atoms. The molecule has 0 aliphatic rings. The normalized spacial score (nSPS) is 11.6. The number of hydrogen-bond donors (Lipinski definition) is 3. The number of carboxylic acid groups (broad SMARTS) is 1. The van der Waals surface area contributed by atoms with Gasteiger partial charge in [-0.15, -0.1) is 0 Å². The summed E-state index contributed by atoms with van der Waals surface area (Å²) in [5.41, 5.74) is 0.898. The number of amides is 2. The van der Waals surface area contributed by atoms with E-state index in [4.69, 9.17) is 9.84 Å². The third kappa shape index (κ3) is 5.53. The first-order valence-electron chi connectivity index (χ1n) is 8.34. The maximum absolute atomic E-state index is 12.5. The van der Waals surface area contributed by atoms with Gasteiger partial charge in [-0.25, -0.2) is 4.98 Å². The molecule has 2 aromatic rings. The van der Waals surface area contributed by atoms with E-state index in [0.29, 0.717) is 11.4 Å². The first-order chi connectivity index (χ1) is 12.8. The van der Waals surface area contributed by atoms with Crippen LogP contribution >= 0.6 is 0 Å². The Labute approximate surface area is 156 Å². The number of carbonyl (C=O) groups excluding carboxylic acids is 2. The quantitative estimate of drug-likeness (QED) is 0.687. The van der Waals surface area contributed by atoms with Crippen molar-refractivity contribution >= 4 is 23.5 Å². The molecule has 2 amide bonds. The number of aliphatic carboxylic acids is 1. The Kier molecular flexibility index (Phi) is 6.48. The molecule has 0 saturated carbocycles. The number of pyridine rings is 1. The van der Waals surface area contributed by atoms with Gasteiger partial charge in [-0.1, -0.05) is 0 Å². The zero-order valence-electron chi connectivity index (χ0n) is 15.2. The van der Waals surface area contributed by atoms with E-state index in [9.17, 15) is 14.4 Å². The smallest absolute Gasteiger partial charge is 0.325 e. The molecule has 8 nitrogen and oxygen atoms in total. The zero-order valence-corrected chi connectivity index (χ0v) is 15.2. The van der Waals surface area contributed by atoms with Crippen molar-refractivity contribution in [2.75, 3.05) is 5.32 Å². The van der Waals surface area contributed by atoms with Crippen LogP contribution in [0, 0.1) is 0 Å². The van der Waals surface area contributed by atoms with Gasteiger partial charge in [0.25, 0.3) is 11.8 Å². The summed E-state index contributed by atoms with van der Waals surface area (Å²) in [5, 5.41) is 13.9. The third-order valence-electron chi connectivity index (χ3n) is 3.47.